The molecule has 0 amide bonds. The predicted octanol–water partition coefficient (Wildman–Crippen LogP) is 9.03. The van der Waals surface area contributed by atoms with Crippen LogP contribution in [0.3, 0.4) is 0 Å². The minimum Gasteiger partial charge on any atom is -0.198 e. The lowest BCUT2D eigenvalue weighted by Crippen LogP contribution is -2.37. The fourth-order valence-electron chi connectivity index (χ4n) is 7.57. The van der Waals surface area contributed by atoms with Crippen molar-refractivity contribution in [3.63, 3.8) is 0 Å². The lowest BCUT2D eigenvalue weighted by Gasteiger charge is -2.46. The van der Waals surface area contributed by atoms with Gasteiger partial charge in [0.2, 0.25) is 0 Å². The molecule has 1 heteroatoms. The molecule has 0 bridgehead atoms. The molecule has 0 aromatic rings. The molecule has 0 heterocycles. The summed E-state index contributed by atoms with van der Waals surface area (Å²) in [4.78, 5) is 0. The zero-order valence-corrected chi connectivity index (χ0v) is 19.3. The molecule has 0 saturated heterocycles. The van der Waals surface area contributed by atoms with Gasteiger partial charge < -0.3 is 0 Å². The van der Waals surface area contributed by atoms with Gasteiger partial charge in [0.15, 0.2) is 0 Å². The van der Waals surface area contributed by atoms with Gasteiger partial charge in [-0.25, -0.2) is 0 Å². The molecule has 0 radical (unpaired) electrons. The molecule has 2 rings (SSSR count). The lowest BCUT2D eigenvalue weighted by molar-refractivity contribution is 0.0406. The number of nitrogens with zero attached hydrogens (tertiary/aromatic N) is 1. The molecule has 6 atom stereocenters. The predicted molar refractivity (Wildman–Crippen MR) is 124 cm³/mol. The van der Waals surface area contributed by atoms with Gasteiger partial charge >= 0.3 is 0 Å². The maximum Gasteiger partial charge on any atom is 0.0621 e. The van der Waals surface area contributed by atoms with Gasteiger partial charge in [-0.15, -0.1) is 0 Å². The Morgan fingerprint density at radius 2 is 1.75 bits per heavy atom. The second kappa shape index (κ2) is 11.0. The molecule has 0 spiro atoms. The van der Waals surface area contributed by atoms with Gasteiger partial charge in [-0.05, 0) is 85.4 Å². The Bertz CT molecular complexity index is 487. The third-order valence-electron chi connectivity index (χ3n) is 9.04. The van der Waals surface area contributed by atoms with Gasteiger partial charge in [0.25, 0.3) is 0 Å². The fraction of sp³-hybridized carbons (Fsp3) is 0.963. The molecule has 2 saturated carbocycles. The number of rotatable bonds is 9. The zero-order valence-electron chi connectivity index (χ0n) is 19.3. The molecule has 164 valence electrons. The molecule has 0 aromatic carbocycles. The summed E-state index contributed by atoms with van der Waals surface area (Å²) in [5.41, 5.74) is 1.00. The number of hydrogen-bond acceptors (Lipinski definition) is 1. The van der Waals surface area contributed by atoms with E-state index in [9.17, 15) is 0 Å². The average molecular weight is 390 g/mol. The molecule has 0 aliphatic heterocycles. The highest BCUT2D eigenvalue weighted by atomic mass is 14.5. The van der Waals surface area contributed by atoms with Crippen LogP contribution in [0.4, 0.5) is 0 Å². The minimum absolute atomic E-state index is 0. The summed E-state index contributed by atoms with van der Waals surface area (Å²) in [7, 11) is 0. The zero-order chi connectivity index (χ0) is 20.1. The van der Waals surface area contributed by atoms with Crippen molar-refractivity contribution in [2.24, 2.45) is 40.4 Å². The van der Waals surface area contributed by atoms with Crippen LogP contribution in [0.15, 0.2) is 0 Å². The highest BCUT2D eigenvalue weighted by Gasteiger charge is 2.48. The first-order valence-corrected chi connectivity index (χ1v) is 12.2. The molecule has 0 aromatic heterocycles. The minimum atomic E-state index is 0. The second-order valence-electron chi connectivity index (χ2n) is 11.1. The molecule has 28 heavy (non-hydrogen) atoms. The highest BCUT2D eigenvalue weighted by Crippen LogP contribution is 2.57. The molecule has 2 fully saturated rings. The summed E-state index contributed by atoms with van der Waals surface area (Å²) in [6.07, 6.45) is 15.8. The largest absolute Gasteiger partial charge is 0.198 e. The van der Waals surface area contributed by atoms with E-state index in [1.165, 1.54) is 64.2 Å². The van der Waals surface area contributed by atoms with Crippen molar-refractivity contribution in [3.05, 3.63) is 0 Å². The van der Waals surface area contributed by atoms with E-state index in [0.717, 1.165) is 42.4 Å². The summed E-state index contributed by atoms with van der Waals surface area (Å²) in [6, 6.07) is 2.41. The van der Waals surface area contributed by atoms with E-state index >= 15 is 0 Å². The van der Waals surface area contributed by atoms with Crippen LogP contribution in [0.1, 0.15) is 126 Å². The van der Waals surface area contributed by atoms with Crippen LogP contribution in [0, 0.1) is 51.8 Å². The van der Waals surface area contributed by atoms with Crippen molar-refractivity contribution < 1.29 is 0 Å². The van der Waals surface area contributed by atoms with E-state index in [0.29, 0.717) is 10.8 Å². The molecule has 1 nitrogen and oxygen atoms in total. The molecular weight excluding hydrogens is 338 g/mol. The van der Waals surface area contributed by atoms with Gasteiger partial charge in [-0.3, -0.25) is 0 Å². The number of hydrogen-bond donors (Lipinski definition) is 0. The van der Waals surface area contributed by atoms with E-state index in [-0.39, 0.29) is 7.43 Å². The van der Waals surface area contributed by atoms with Crippen molar-refractivity contribution in [2.75, 3.05) is 0 Å². The van der Waals surface area contributed by atoms with Gasteiger partial charge in [-0.2, -0.15) is 5.26 Å². The quantitative estimate of drug-likeness (QED) is 0.386. The first-order chi connectivity index (χ1) is 12.8. The van der Waals surface area contributed by atoms with Crippen molar-refractivity contribution in [1.29, 1.82) is 5.26 Å². The summed E-state index contributed by atoms with van der Waals surface area (Å²) in [5, 5.41) is 9.10. The van der Waals surface area contributed by atoms with E-state index in [4.69, 9.17) is 5.26 Å². The first-order valence-electron chi connectivity index (χ1n) is 12.2. The van der Waals surface area contributed by atoms with Crippen LogP contribution in [0.25, 0.3) is 0 Å². The van der Waals surface area contributed by atoms with Crippen LogP contribution in [0.5, 0.6) is 0 Å². The Kier molecular flexibility index (Phi) is 10.1. The van der Waals surface area contributed by atoms with Crippen LogP contribution in [-0.2, 0) is 0 Å². The molecular formula is C27H51N. The smallest absolute Gasteiger partial charge is 0.0621 e. The van der Waals surface area contributed by atoms with E-state index in [2.05, 4.69) is 47.6 Å². The van der Waals surface area contributed by atoms with Crippen LogP contribution in [0.2, 0.25) is 0 Å². The van der Waals surface area contributed by atoms with Crippen molar-refractivity contribution >= 4 is 0 Å². The fourth-order valence-corrected chi connectivity index (χ4v) is 7.57. The van der Waals surface area contributed by atoms with Crippen molar-refractivity contribution in [2.45, 2.75) is 126 Å². The van der Waals surface area contributed by atoms with Gasteiger partial charge in [-0.1, -0.05) is 74.7 Å². The third-order valence-corrected chi connectivity index (χ3v) is 9.04. The Hall–Kier alpha value is -0.510. The Morgan fingerprint density at radius 3 is 2.32 bits per heavy atom. The maximum absolute atomic E-state index is 9.10. The molecule has 2 aliphatic carbocycles. The van der Waals surface area contributed by atoms with E-state index < -0.39 is 0 Å². The van der Waals surface area contributed by atoms with Gasteiger partial charge in [0.05, 0.1) is 6.07 Å². The number of nitriles is 1. The summed E-state index contributed by atoms with van der Waals surface area (Å²) >= 11 is 0. The summed E-state index contributed by atoms with van der Waals surface area (Å²) in [5.74, 6) is 4.29. The average Bonchev–Trinajstić information content (AvgIpc) is 2.94. The van der Waals surface area contributed by atoms with E-state index in [1.807, 2.05) is 0 Å². The van der Waals surface area contributed by atoms with Crippen LogP contribution < -0.4 is 0 Å². The Morgan fingerprint density at radius 1 is 1.04 bits per heavy atom. The third kappa shape index (κ3) is 5.55. The standard InChI is InChI=1S/C26H47N.CH4/c1-7-16-26(6)22(12-11-18-27)14-15-23(26)20(3)19-21(8-2)24-13-9-10-17-25(24,4)5;/h20-24H,7-17,19H2,1-6H3;1H4/t20?,21-,22?,23?,24?,26?;/m0./s1. The monoisotopic (exact) mass is 389 g/mol. The molecule has 5 unspecified atom stereocenters. The first kappa shape index (κ1) is 25.5. The second-order valence-corrected chi connectivity index (χ2v) is 11.1. The Labute approximate surface area is 178 Å². The van der Waals surface area contributed by atoms with Crippen LogP contribution >= 0.6 is 0 Å². The topological polar surface area (TPSA) is 23.8 Å². The molecule has 0 N–H and O–H groups in total. The van der Waals surface area contributed by atoms with Crippen LogP contribution in [-0.4, -0.2) is 0 Å². The van der Waals surface area contributed by atoms with Crippen molar-refractivity contribution in [1.82, 2.24) is 0 Å². The SMILES string of the molecule is C.CCCC1(C)C(CCC#N)CCC1C(C)C[C@H](CC)C1CCCCC1(C)C. The van der Waals surface area contributed by atoms with Gasteiger partial charge in [0.1, 0.15) is 0 Å². The van der Waals surface area contributed by atoms with Crippen molar-refractivity contribution in [3.8, 4) is 6.07 Å². The van der Waals surface area contributed by atoms with Gasteiger partial charge in [0, 0.05) is 6.42 Å². The van der Waals surface area contributed by atoms with E-state index in [1.54, 1.807) is 0 Å². The maximum atomic E-state index is 9.10. The highest BCUT2D eigenvalue weighted by molar-refractivity contribution is 4.98. The lowest BCUT2D eigenvalue weighted by atomic mass is 9.59. The summed E-state index contributed by atoms with van der Waals surface area (Å²) < 4.78 is 0. The summed E-state index contributed by atoms with van der Waals surface area (Å²) in [6.45, 7) is 15.0. The normalized spacial score (nSPS) is 34.2. The Balaban J connectivity index is 0.00000392. The molecule has 2 aliphatic rings.